The highest BCUT2D eigenvalue weighted by Crippen LogP contribution is 2.22. The summed E-state index contributed by atoms with van der Waals surface area (Å²) in [6.07, 6.45) is 3.95. The van der Waals surface area contributed by atoms with Crippen LogP contribution in [0.1, 0.15) is 44.0 Å². The van der Waals surface area contributed by atoms with Crippen LogP contribution in [0.4, 0.5) is 0 Å². The molecule has 2 aliphatic rings. The summed E-state index contributed by atoms with van der Waals surface area (Å²) in [6, 6.07) is 2.29. The first-order valence-corrected chi connectivity index (χ1v) is 9.09. The van der Waals surface area contributed by atoms with Gasteiger partial charge in [0.25, 0.3) is 5.91 Å². The van der Waals surface area contributed by atoms with Gasteiger partial charge >= 0.3 is 0 Å². The van der Waals surface area contributed by atoms with Crippen LogP contribution in [-0.4, -0.2) is 58.6 Å². The Morgan fingerprint density at radius 2 is 2.25 bits per heavy atom. The standard InChI is InChI=1S/C18H29N3O3/c1-13-10-14(2)21(19-13)11-16-6-4-8-20(16)18(22)15(3)24-12-17-7-5-9-23-17/h10,15-17H,4-9,11-12H2,1-3H3/t15-,16+,17+/m1/s1. The number of carbonyl (C=O) groups excluding carboxylic acids is 1. The summed E-state index contributed by atoms with van der Waals surface area (Å²) in [4.78, 5) is 14.8. The molecule has 0 unspecified atom stereocenters. The smallest absolute Gasteiger partial charge is 0.251 e. The van der Waals surface area contributed by atoms with E-state index >= 15 is 0 Å². The van der Waals surface area contributed by atoms with Crippen LogP contribution >= 0.6 is 0 Å². The van der Waals surface area contributed by atoms with Crippen molar-refractivity contribution in [2.75, 3.05) is 19.8 Å². The number of aromatic nitrogens is 2. The van der Waals surface area contributed by atoms with Crippen molar-refractivity contribution >= 4 is 5.91 Å². The molecule has 0 bridgehead atoms. The molecule has 1 aromatic rings. The summed E-state index contributed by atoms with van der Waals surface area (Å²) in [6.45, 7) is 8.84. The number of carbonyl (C=O) groups is 1. The van der Waals surface area contributed by atoms with Gasteiger partial charge in [-0.2, -0.15) is 5.10 Å². The SMILES string of the molecule is Cc1cc(C)n(C[C@@H]2CCCN2C(=O)[C@@H](C)OC[C@@H]2CCCO2)n1. The zero-order chi connectivity index (χ0) is 17.1. The lowest BCUT2D eigenvalue weighted by Crippen LogP contribution is -2.44. The molecule has 1 amide bonds. The second kappa shape index (κ2) is 7.66. The highest BCUT2D eigenvalue weighted by molar-refractivity contribution is 5.81. The van der Waals surface area contributed by atoms with Gasteiger partial charge in [0.05, 0.1) is 31.0 Å². The van der Waals surface area contributed by atoms with Gasteiger partial charge in [-0.3, -0.25) is 9.48 Å². The minimum Gasteiger partial charge on any atom is -0.376 e. The van der Waals surface area contributed by atoms with Gasteiger partial charge in [0.2, 0.25) is 0 Å². The molecule has 0 spiro atoms. The third-order valence-corrected chi connectivity index (χ3v) is 5.05. The lowest BCUT2D eigenvalue weighted by Gasteiger charge is -2.28. The Labute approximate surface area is 144 Å². The van der Waals surface area contributed by atoms with E-state index in [1.807, 2.05) is 23.4 Å². The summed E-state index contributed by atoms with van der Waals surface area (Å²) in [5, 5.41) is 4.53. The molecule has 6 heteroatoms. The quantitative estimate of drug-likeness (QED) is 0.799. The van der Waals surface area contributed by atoms with Crippen molar-refractivity contribution in [3.8, 4) is 0 Å². The van der Waals surface area contributed by atoms with Crippen molar-refractivity contribution in [2.45, 2.75) is 71.2 Å². The van der Waals surface area contributed by atoms with Crippen molar-refractivity contribution in [1.82, 2.24) is 14.7 Å². The number of likely N-dealkylation sites (tertiary alicyclic amines) is 1. The second-order valence-electron chi connectivity index (χ2n) is 7.05. The Balaban J connectivity index is 1.55. The lowest BCUT2D eigenvalue weighted by atomic mass is 10.2. The van der Waals surface area contributed by atoms with E-state index in [0.717, 1.165) is 56.8 Å². The molecule has 134 valence electrons. The first-order valence-electron chi connectivity index (χ1n) is 9.09. The second-order valence-corrected chi connectivity index (χ2v) is 7.05. The molecule has 6 nitrogen and oxygen atoms in total. The first kappa shape index (κ1) is 17.4. The summed E-state index contributed by atoms with van der Waals surface area (Å²) in [7, 11) is 0. The summed E-state index contributed by atoms with van der Waals surface area (Å²) >= 11 is 0. The van der Waals surface area contributed by atoms with E-state index < -0.39 is 6.10 Å². The van der Waals surface area contributed by atoms with E-state index in [9.17, 15) is 4.79 Å². The molecule has 3 atom stereocenters. The van der Waals surface area contributed by atoms with Crippen LogP contribution in [0.3, 0.4) is 0 Å². The Morgan fingerprint density at radius 3 is 2.92 bits per heavy atom. The third kappa shape index (κ3) is 3.98. The minimum atomic E-state index is -0.407. The van der Waals surface area contributed by atoms with Crippen LogP contribution in [0, 0.1) is 13.8 Å². The highest BCUT2D eigenvalue weighted by Gasteiger charge is 2.32. The van der Waals surface area contributed by atoms with Gasteiger partial charge in [-0.05, 0) is 52.5 Å². The number of rotatable bonds is 6. The lowest BCUT2D eigenvalue weighted by molar-refractivity contribution is -0.145. The molecule has 3 heterocycles. The fourth-order valence-corrected chi connectivity index (χ4v) is 3.71. The predicted molar refractivity (Wildman–Crippen MR) is 90.8 cm³/mol. The first-order chi connectivity index (χ1) is 11.5. The Hall–Kier alpha value is -1.40. The number of hydrogen-bond donors (Lipinski definition) is 0. The Kier molecular flexibility index (Phi) is 5.56. The molecule has 0 radical (unpaired) electrons. The molecule has 2 saturated heterocycles. The molecule has 2 fully saturated rings. The number of amides is 1. The van der Waals surface area contributed by atoms with Crippen LogP contribution in [0.15, 0.2) is 6.07 Å². The number of nitrogens with zero attached hydrogens (tertiary/aromatic N) is 3. The van der Waals surface area contributed by atoms with E-state index in [1.54, 1.807) is 0 Å². The summed E-state index contributed by atoms with van der Waals surface area (Å²) in [5.74, 6) is 0.0945. The van der Waals surface area contributed by atoms with Gasteiger partial charge in [0.1, 0.15) is 6.10 Å². The molecule has 2 aliphatic heterocycles. The van der Waals surface area contributed by atoms with E-state index in [0.29, 0.717) is 6.61 Å². The Morgan fingerprint density at radius 1 is 1.42 bits per heavy atom. The van der Waals surface area contributed by atoms with Crippen LogP contribution in [0.5, 0.6) is 0 Å². The molecule has 0 N–H and O–H groups in total. The van der Waals surface area contributed by atoms with Crippen LogP contribution in [-0.2, 0) is 20.8 Å². The van der Waals surface area contributed by atoms with Crippen molar-refractivity contribution < 1.29 is 14.3 Å². The number of aryl methyl sites for hydroxylation is 2. The third-order valence-electron chi connectivity index (χ3n) is 5.05. The van der Waals surface area contributed by atoms with E-state index in [1.165, 1.54) is 0 Å². The van der Waals surface area contributed by atoms with Crippen molar-refractivity contribution in [2.24, 2.45) is 0 Å². The fraction of sp³-hybridized carbons (Fsp3) is 0.778. The maximum absolute atomic E-state index is 12.8. The average molecular weight is 335 g/mol. The van der Waals surface area contributed by atoms with Gasteiger partial charge < -0.3 is 14.4 Å². The molecule has 0 saturated carbocycles. The number of ether oxygens (including phenoxy) is 2. The molecule has 24 heavy (non-hydrogen) atoms. The van der Waals surface area contributed by atoms with Gasteiger partial charge in [-0.25, -0.2) is 0 Å². The molecule has 0 aliphatic carbocycles. The molecular formula is C18H29N3O3. The highest BCUT2D eigenvalue weighted by atomic mass is 16.5. The zero-order valence-electron chi connectivity index (χ0n) is 15.0. The Bertz CT molecular complexity index is 566. The van der Waals surface area contributed by atoms with Gasteiger partial charge in [-0.1, -0.05) is 0 Å². The minimum absolute atomic E-state index is 0.0945. The fourth-order valence-electron chi connectivity index (χ4n) is 3.71. The van der Waals surface area contributed by atoms with Gasteiger partial charge in [-0.15, -0.1) is 0 Å². The summed E-state index contributed by atoms with van der Waals surface area (Å²) in [5.41, 5.74) is 2.17. The van der Waals surface area contributed by atoms with E-state index in [2.05, 4.69) is 18.1 Å². The van der Waals surface area contributed by atoms with Crippen LogP contribution < -0.4 is 0 Å². The summed E-state index contributed by atoms with van der Waals surface area (Å²) < 4.78 is 13.4. The largest absolute Gasteiger partial charge is 0.376 e. The topological polar surface area (TPSA) is 56.6 Å². The van der Waals surface area contributed by atoms with Gasteiger partial charge in [0.15, 0.2) is 0 Å². The molecule has 0 aromatic carbocycles. The van der Waals surface area contributed by atoms with Crippen molar-refractivity contribution in [3.63, 3.8) is 0 Å². The molecule has 3 rings (SSSR count). The average Bonchev–Trinajstić information content (AvgIpc) is 3.27. The monoisotopic (exact) mass is 335 g/mol. The predicted octanol–water partition coefficient (Wildman–Crippen LogP) is 2.08. The van der Waals surface area contributed by atoms with Crippen LogP contribution in [0.25, 0.3) is 0 Å². The van der Waals surface area contributed by atoms with Crippen LogP contribution in [0.2, 0.25) is 0 Å². The number of hydrogen-bond acceptors (Lipinski definition) is 4. The maximum Gasteiger partial charge on any atom is 0.251 e. The zero-order valence-corrected chi connectivity index (χ0v) is 15.0. The van der Waals surface area contributed by atoms with Crippen molar-refractivity contribution in [1.29, 1.82) is 0 Å². The van der Waals surface area contributed by atoms with Gasteiger partial charge in [0, 0.05) is 18.8 Å². The van der Waals surface area contributed by atoms with Crippen molar-refractivity contribution in [3.05, 3.63) is 17.5 Å². The normalized spacial score (nSPS) is 25.4. The molecular weight excluding hydrogens is 306 g/mol. The maximum atomic E-state index is 12.8. The van der Waals surface area contributed by atoms with E-state index in [-0.39, 0.29) is 18.1 Å². The van der Waals surface area contributed by atoms with E-state index in [4.69, 9.17) is 9.47 Å². The molecule has 1 aromatic heterocycles.